The maximum Gasteiger partial charge on any atom is 0.407 e. The normalized spacial score (nSPS) is 10.5. The van der Waals surface area contributed by atoms with E-state index in [1.807, 2.05) is 30.3 Å². The highest BCUT2D eigenvalue weighted by Gasteiger charge is 2.06. The lowest BCUT2D eigenvalue weighted by molar-refractivity contribution is 0.0696. The van der Waals surface area contributed by atoms with Gasteiger partial charge in [0.05, 0.1) is 5.56 Å². The van der Waals surface area contributed by atoms with Crippen molar-refractivity contribution in [2.75, 3.05) is 6.54 Å². The average molecular weight is 347 g/mol. The second-order valence-electron chi connectivity index (χ2n) is 4.75. The number of alkyl carbamates (subject to hydrolysis) is 1. The fourth-order valence-corrected chi connectivity index (χ4v) is 1.97. The van der Waals surface area contributed by atoms with Crippen LogP contribution in [0.3, 0.4) is 0 Å². The van der Waals surface area contributed by atoms with E-state index in [4.69, 9.17) is 21.4 Å². The second-order valence-corrected chi connectivity index (χ2v) is 5.11. The van der Waals surface area contributed by atoms with Gasteiger partial charge in [0, 0.05) is 18.3 Å². The highest BCUT2D eigenvalue weighted by molar-refractivity contribution is 6.30. The number of nitrogens with one attached hydrogen (secondary N) is 1. The van der Waals surface area contributed by atoms with E-state index in [1.54, 1.807) is 12.2 Å². The molecule has 2 rings (SSSR count). The van der Waals surface area contributed by atoms with Crippen LogP contribution in [0, 0.1) is 0 Å². The molecule has 2 N–H and O–H groups in total. The predicted molar refractivity (Wildman–Crippen MR) is 89.9 cm³/mol. The van der Waals surface area contributed by atoms with Crippen LogP contribution < -0.4 is 5.32 Å². The minimum Gasteiger partial charge on any atom is -0.478 e. The first kappa shape index (κ1) is 17.5. The second kappa shape index (κ2) is 8.69. The lowest BCUT2D eigenvalue weighted by Gasteiger charge is -2.05. The number of aromatic carboxylic acids is 1. The van der Waals surface area contributed by atoms with Crippen molar-refractivity contribution >= 4 is 29.7 Å². The van der Waals surface area contributed by atoms with Crippen LogP contribution in [0.15, 0.2) is 48.7 Å². The van der Waals surface area contributed by atoms with E-state index in [-0.39, 0.29) is 23.9 Å². The molecular formula is C17H15ClN2O4. The Morgan fingerprint density at radius 1 is 1.29 bits per heavy atom. The number of ether oxygens (including phenoxy) is 1. The van der Waals surface area contributed by atoms with E-state index < -0.39 is 12.1 Å². The molecule has 124 valence electrons. The van der Waals surface area contributed by atoms with Gasteiger partial charge in [0.25, 0.3) is 0 Å². The Labute approximate surface area is 143 Å². The van der Waals surface area contributed by atoms with Crippen molar-refractivity contribution in [3.05, 3.63) is 70.5 Å². The molecule has 0 spiro atoms. The van der Waals surface area contributed by atoms with Gasteiger partial charge in [0.2, 0.25) is 0 Å². The third-order valence-electron chi connectivity index (χ3n) is 2.99. The number of pyridine rings is 1. The average Bonchev–Trinajstić information content (AvgIpc) is 2.59. The van der Waals surface area contributed by atoms with E-state index in [2.05, 4.69) is 10.3 Å². The van der Waals surface area contributed by atoms with Crippen LogP contribution in [-0.2, 0) is 11.3 Å². The van der Waals surface area contributed by atoms with Crippen LogP contribution in [0.25, 0.3) is 6.08 Å². The fourth-order valence-electron chi connectivity index (χ4n) is 1.80. The lowest BCUT2D eigenvalue weighted by atomic mass is 10.2. The summed E-state index contributed by atoms with van der Waals surface area (Å²) in [6.07, 6.45) is 3.84. The molecule has 0 unspecified atom stereocenters. The lowest BCUT2D eigenvalue weighted by Crippen LogP contribution is -2.24. The van der Waals surface area contributed by atoms with E-state index in [0.29, 0.717) is 5.56 Å². The van der Waals surface area contributed by atoms with Crippen LogP contribution in [0.4, 0.5) is 4.79 Å². The summed E-state index contributed by atoms with van der Waals surface area (Å²) in [6.45, 7) is 0.397. The number of carbonyl (C=O) groups is 2. The van der Waals surface area contributed by atoms with E-state index >= 15 is 0 Å². The maximum atomic E-state index is 11.6. The Bertz CT molecular complexity index is 748. The number of nitrogens with zero attached hydrogens (tertiary/aromatic N) is 1. The van der Waals surface area contributed by atoms with Gasteiger partial charge in [0.1, 0.15) is 11.8 Å². The summed E-state index contributed by atoms with van der Waals surface area (Å²) < 4.78 is 5.05. The number of carboxylic acids is 1. The summed E-state index contributed by atoms with van der Waals surface area (Å²) in [5, 5.41) is 11.7. The Kier molecular flexibility index (Phi) is 6.33. The number of hydrogen-bond acceptors (Lipinski definition) is 4. The van der Waals surface area contributed by atoms with Gasteiger partial charge < -0.3 is 15.2 Å². The number of amides is 1. The zero-order valence-corrected chi connectivity index (χ0v) is 13.4. The Hall–Kier alpha value is -2.86. The molecule has 1 aromatic carbocycles. The highest BCUT2D eigenvalue weighted by Crippen LogP contribution is 2.16. The molecule has 0 aliphatic carbocycles. The molecule has 0 bridgehead atoms. The number of hydrogen-bond donors (Lipinski definition) is 2. The molecule has 0 aliphatic heterocycles. The highest BCUT2D eigenvalue weighted by atomic mass is 35.5. The topological polar surface area (TPSA) is 88.5 Å². The molecule has 0 saturated heterocycles. The molecule has 2 aromatic rings. The fraction of sp³-hybridized carbons (Fsp3) is 0.118. The van der Waals surface area contributed by atoms with Crippen LogP contribution >= 0.6 is 11.6 Å². The summed E-state index contributed by atoms with van der Waals surface area (Å²) in [4.78, 5) is 26.2. The summed E-state index contributed by atoms with van der Waals surface area (Å²) in [5.74, 6) is -1.09. The minimum absolute atomic E-state index is 0.0364. The van der Waals surface area contributed by atoms with Crippen molar-refractivity contribution in [3.8, 4) is 0 Å². The van der Waals surface area contributed by atoms with Crippen molar-refractivity contribution < 1.29 is 19.4 Å². The van der Waals surface area contributed by atoms with E-state index in [9.17, 15) is 9.59 Å². The monoisotopic (exact) mass is 346 g/mol. The Balaban J connectivity index is 1.81. The van der Waals surface area contributed by atoms with Gasteiger partial charge in [-0.25, -0.2) is 14.6 Å². The molecular weight excluding hydrogens is 332 g/mol. The molecule has 7 heteroatoms. The van der Waals surface area contributed by atoms with Crippen molar-refractivity contribution in [1.29, 1.82) is 0 Å². The Morgan fingerprint density at radius 2 is 2.04 bits per heavy atom. The maximum absolute atomic E-state index is 11.6. The molecule has 0 saturated carbocycles. The van der Waals surface area contributed by atoms with Crippen molar-refractivity contribution in [2.24, 2.45) is 0 Å². The third kappa shape index (κ3) is 5.40. The molecule has 1 amide bonds. The molecule has 1 heterocycles. The third-order valence-corrected chi connectivity index (χ3v) is 3.30. The van der Waals surface area contributed by atoms with Crippen LogP contribution in [-0.4, -0.2) is 28.7 Å². The number of aromatic nitrogens is 1. The van der Waals surface area contributed by atoms with Gasteiger partial charge in [-0.2, -0.15) is 0 Å². The summed E-state index contributed by atoms with van der Waals surface area (Å²) in [6, 6.07) is 10.7. The molecule has 1 aromatic heterocycles. The van der Waals surface area contributed by atoms with Crippen molar-refractivity contribution in [3.63, 3.8) is 0 Å². The first-order valence-electron chi connectivity index (χ1n) is 7.06. The van der Waals surface area contributed by atoms with Crippen LogP contribution in [0.1, 0.15) is 21.5 Å². The molecule has 0 radical (unpaired) electrons. The standard InChI is InChI=1S/C17H15ClN2O4/c18-15-13(9-14(10-20-15)16(21)22)7-4-8-19-17(23)24-11-12-5-2-1-3-6-12/h1-7,9-10H,8,11H2,(H,19,23)(H,21,22). The first-order valence-corrected chi connectivity index (χ1v) is 7.44. The predicted octanol–water partition coefficient (Wildman–Crippen LogP) is 3.37. The molecule has 24 heavy (non-hydrogen) atoms. The van der Waals surface area contributed by atoms with Crippen molar-refractivity contribution in [1.82, 2.24) is 10.3 Å². The van der Waals surface area contributed by atoms with Crippen LogP contribution in [0.2, 0.25) is 5.15 Å². The zero-order chi connectivity index (χ0) is 17.4. The number of benzene rings is 1. The number of halogens is 1. The molecule has 0 atom stereocenters. The summed E-state index contributed by atoms with van der Waals surface area (Å²) in [7, 11) is 0. The number of carbonyl (C=O) groups excluding carboxylic acids is 1. The van der Waals surface area contributed by atoms with Crippen molar-refractivity contribution in [2.45, 2.75) is 6.61 Å². The zero-order valence-electron chi connectivity index (χ0n) is 12.6. The molecule has 6 nitrogen and oxygen atoms in total. The summed E-state index contributed by atoms with van der Waals surface area (Å²) >= 11 is 5.89. The smallest absolute Gasteiger partial charge is 0.407 e. The number of rotatable bonds is 6. The van der Waals surface area contributed by atoms with Gasteiger partial charge in [-0.1, -0.05) is 54.1 Å². The van der Waals surface area contributed by atoms with Gasteiger partial charge in [-0.3, -0.25) is 0 Å². The van der Waals surface area contributed by atoms with Gasteiger partial charge in [-0.05, 0) is 11.6 Å². The quantitative estimate of drug-likeness (QED) is 0.783. The molecule has 0 fully saturated rings. The minimum atomic E-state index is -1.09. The van der Waals surface area contributed by atoms with Gasteiger partial charge >= 0.3 is 12.1 Å². The van der Waals surface area contributed by atoms with E-state index in [0.717, 1.165) is 5.56 Å². The van der Waals surface area contributed by atoms with Crippen LogP contribution in [0.5, 0.6) is 0 Å². The largest absolute Gasteiger partial charge is 0.478 e. The summed E-state index contributed by atoms with van der Waals surface area (Å²) in [5.41, 5.74) is 1.39. The Morgan fingerprint density at radius 3 is 2.75 bits per heavy atom. The first-order chi connectivity index (χ1) is 11.6. The van der Waals surface area contributed by atoms with E-state index in [1.165, 1.54) is 12.3 Å². The molecule has 0 aliphatic rings. The SMILES string of the molecule is O=C(NCC=Cc1cc(C(=O)O)cnc1Cl)OCc1ccccc1. The van der Waals surface area contributed by atoms with Gasteiger partial charge in [-0.15, -0.1) is 0 Å². The van der Waals surface area contributed by atoms with Gasteiger partial charge in [0.15, 0.2) is 0 Å². The number of carboxylic acid groups (broad SMARTS) is 1.